The maximum absolute atomic E-state index is 5.98. The Morgan fingerprint density at radius 1 is 1.33 bits per heavy atom. The molecule has 1 aromatic carbocycles. The maximum Gasteiger partial charge on any atom is 0.0931 e. The standard InChI is InChI=1S/C14H15BrClNS/c1-9-4-3-5-11(14(9)15)12(17-2)8-10-6-7-13(16)18-10/h3-7,12,17H,8H2,1-2H3. The van der Waals surface area contributed by atoms with Gasteiger partial charge in [0.05, 0.1) is 4.34 Å². The molecule has 18 heavy (non-hydrogen) atoms. The summed E-state index contributed by atoms with van der Waals surface area (Å²) in [5, 5.41) is 3.38. The van der Waals surface area contributed by atoms with Crippen LogP contribution in [0.15, 0.2) is 34.8 Å². The minimum absolute atomic E-state index is 0.300. The van der Waals surface area contributed by atoms with Crippen molar-refractivity contribution in [3.63, 3.8) is 0 Å². The van der Waals surface area contributed by atoms with E-state index in [0.29, 0.717) is 6.04 Å². The Bertz CT molecular complexity index is 538. The Kier molecular flexibility index (Phi) is 4.84. The monoisotopic (exact) mass is 343 g/mol. The van der Waals surface area contributed by atoms with Crippen LogP contribution < -0.4 is 5.32 Å². The van der Waals surface area contributed by atoms with Crippen molar-refractivity contribution in [2.24, 2.45) is 0 Å². The van der Waals surface area contributed by atoms with Gasteiger partial charge in [-0.1, -0.05) is 45.7 Å². The second kappa shape index (κ2) is 6.20. The fraction of sp³-hybridized carbons (Fsp3) is 0.286. The molecule has 1 nitrogen and oxygen atoms in total. The van der Waals surface area contributed by atoms with E-state index < -0.39 is 0 Å². The van der Waals surface area contributed by atoms with Gasteiger partial charge in [0, 0.05) is 21.8 Å². The predicted molar refractivity (Wildman–Crippen MR) is 83.7 cm³/mol. The molecule has 0 spiro atoms. The number of hydrogen-bond acceptors (Lipinski definition) is 2. The topological polar surface area (TPSA) is 12.0 Å². The minimum Gasteiger partial charge on any atom is -0.313 e. The van der Waals surface area contributed by atoms with Gasteiger partial charge >= 0.3 is 0 Å². The molecule has 1 unspecified atom stereocenters. The lowest BCUT2D eigenvalue weighted by Crippen LogP contribution is -2.19. The fourth-order valence-corrected chi connectivity index (χ4v) is 3.64. The summed E-state index contributed by atoms with van der Waals surface area (Å²) in [5.41, 5.74) is 2.55. The van der Waals surface area contributed by atoms with Gasteiger partial charge in [-0.25, -0.2) is 0 Å². The molecule has 0 saturated heterocycles. The molecule has 0 aliphatic rings. The molecule has 1 heterocycles. The number of nitrogens with one attached hydrogen (secondary N) is 1. The number of aryl methyl sites for hydroxylation is 1. The summed E-state index contributed by atoms with van der Waals surface area (Å²) in [7, 11) is 1.99. The van der Waals surface area contributed by atoms with Crippen molar-refractivity contribution in [2.75, 3.05) is 7.05 Å². The quantitative estimate of drug-likeness (QED) is 0.825. The molecular weight excluding hydrogens is 330 g/mol. The Morgan fingerprint density at radius 2 is 2.11 bits per heavy atom. The third-order valence-corrected chi connectivity index (χ3v) is 5.32. The summed E-state index contributed by atoms with van der Waals surface area (Å²) in [6, 6.07) is 10.7. The van der Waals surface area contributed by atoms with Crippen LogP contribution in [0, 0.1) is 6.92 Å². The summed E-state index contributed by atoms with van der Waals surface area (Å²) in [4.78, 5) is 1.30. The highest BCUT2D eigenvalue weighted by Crippen LogP contribution is 2.31. The first-order valence-corrected chi connectivity index (χ1v) is 7.77. The van der Waals surface area contributed by atoms with E-state index in [-0.39, 0.29) is 0 Å². The Hall–Kier alpha value is -0.350. The molecule has 1 aromatic heterocycles. The number of likely N-dealkylation sites (N-methyl/N-ethyl adjacent to an activating group) is 1. The Labute approximate surface area is 125 Å². The van der Waals surface area contributed by atoms with Crippen LogP contribution in [0.4, 0.5) is 0 Å². The average molecular weight is 345 g/mol. The van der Waals surface area contributed by atoms with Gasteiger partial charge < -0.3 is 5.32 Å². The van der Waals surface area contributed by atoms with Crippen molar-refractivity contribution in [2.45, 2.75) is 19.4 Å². The number of halogens is 2. The van der Waals surface area contributed by atoms with E-state index in [9.17, 15) is 0 Å². The van der Waals surface area contributed by atoms with E-state index in [2.05, 4.69) is 52.4 Å². The highest BCUT2D eigenvalue weighted by molar-refractivity contribution is 9.10. The zero-order valence-corrected chi connectivity index (χ0v) is 13.5. The van der Waals surface area contributed by atoms with E-state index in [4.69, 9.17) is 11.6 Å². The molecule has 0 aliphatic carbocycles. The zero-order valence-electron chi connectivity index (χ0n) is 10.3. The van der Waals surface area contributed by atoms with Crippen molar-refractivity contribution < 1.29 is 0 Å². The smallest absolute Gasteiger partial charge is 0.0931 e. The second-order valence-corrected chi connectivity index (χ2v) is 6.82. The fourth-order valence-electron chi connectivity index (χ4n) is 1.97. The minimum atomic E-state index is 0.300. The first-order valence-electron chi connectivity index (χ1n) is 5.78. The van der Waals surface area contributed by atoms with Crippen molar-refractivity contribution in [3.05, 3.63) is 55.1 Å². The van der Waals surface area contributed by atoms with Gasteiger partial charge in [-0.15, -0.1) is 11.3 Å². The Morgan fingerprint density at radius 3 is 2.72 bits per heavy atom. The van der Waals surface area contributed by atoms with E-state index in [1.807, 2.05) is 13.1 Å². The van der Waals surface area contributed by atoms with Crippen molar-refractivity contribution in [1.82, 2.24) is 5.32 Å². The van der Waals surface area contributed by atoms with Crippen LogP contribution in [0.5, 0.6) is 0 Å². The summed E-state index contributed by atoms with van der Waals surface area (Å²) in [5.74, 6) is 0. The molecule has 1 atom stereocenters. The van der Waals surface area contributed by atoms with Gasteiger partial charge in [-0.3, -0.25) is 0 Å². The highest BCUT2D eigenvalue weighted by atomic mass is 79.9. The number of hydrogen-bond donors (Lipinski definition) is 1. The molecule has 0 amide bonds. The van der Waals surface area contributed by atoms with Gasteiger partial charge in [0.15, 0.2) is 0 Å². The summed E-state index contributed by atoms with van der Waals surface area (Å²) in [6.07, 6.45) is 0.954. The molecule has 0 fully saturated rings. The normalized spacial score (nSPS) is 12.7. The first kappa shape index (κ1) is 14.1. The van der Waals surface area contributed by atoms with Gasteiger partial charge in [0.25, 0.3) is 0 Å². The van der Waals surface area contributed by atoms with Gasteiger partial charge in [0.1, 0.15) is 0 Å². The van der Waals surface area contributed by atoms with Crippen molar-refractivity contribution in [1.29, 1.82) is 0 Å². The third kappa shape index (κ3) is 3.15. The molecular formula is C14H15BrClNS. The average Bonchev–Trinajstić information content (AvgIpc) is 2.76. The van der Waals surface area contributed by atoms with Crippen LogP contribution in [0.1, 0.15) is 22.0 Å². The maximum atomic E-state index is 5.98. The molecule has 0 radical (unpaired) electrons. The lowest BCUT2D eigenvalue weighted by Gasteiger charge is -2.18. The lowest BCUT2D eigenvalue weighted by molar-refractivity contribution is 0.594. The van der Waals surface area contributed by atoms with E-state index in [1.54, 1.807) is 11.3 Å². The van der Waals surface area contributed by atoms with Crippen LogP contribution in [0.3, 0.4) is 0 Å². The zero-order chi connectivity index (χ0) is 13.1. The second-order valence-electron chi connectivity index (χ2n) is 4.23. The molecule has 1 N–H and O–H groups in total. The predicted octanol–water partition coefficient (Wildman–Crippen LogP) is 4.98. The van der Waals surface area contributed by atoms with Crippen LogP contribution >= 0.6 is 38.9 Å². The number of thiophene rings is 1. The molecule has 2 aromatic rings. The van der Waals surface area contributed by atoms with Crippen LogP contribution in [0.2, 0.25) is 4.34 Å². The molecule has 2 rings (SSSR count). The van der Waals surface area contributed by atoms with E-state index in [1.165, 1.54) is 20.5 Å². The van der Waals surface area contributed by atoms with Gasteiger partial charge in [0.2, 0.25) is 0 Å². The van der Waals surface area contributed by atoms with Crippen LogP contribution in [-0.2, 0) is 6.42 Å². The Balaban J connectivity index is 2.25. The van der Waals surface area contributed by atoms with Gasteiger partial charge in [-0.2, -0.15) is 0 Å². The SMILES string of the molecule is CNC(Cc1ccc(Cl)s1)c1cccc(C)c1Br. The number of rotatable bonds is 4. The molecule has 96 valence electrons. The highest BCUT2D eigenvalue weighted by Gasteiger charge is 2.15. The molecule has 0 saturated carbocycles. The van der Waals surface area contributed by atoms with Crippen molar-refractivity contribution >= 4 is 38.9 Å². The lowest BCUT2D eigenvalue weighted by atomic mass is 10.0. The largest absolute Gasteiger partial charge is 0.313 e. The van der Waals surface area contributed by atoms with Gasteiger partial charge in [-0.05, 0) is 37.2 Å². The number of benzene rings is 1. The van der Waals surface area contributed by atoms with Crippen molar-refractivity contribution in [3.8, 4) is 0 Å². The van der Waals surface area contributed by atoms with Crippen LogP contribution in [-0.4, -0.2) is 7.05 Å². The molecule has 0 bridgehead atoms. The van der Waals surface area contributed by atoms with E-state index >= 15 is 0 Å². The molecule has 0 aliphatic heterocycles. The summed E-state index contributed by atoms with van der Waals surface area (Å²) < 4.78 is 2.04. The van der Waals surface area contributed by atoms with Crippen LogP contribution in [0.25, 0.3) is 0 Å². The van der Waals surface area contributed by atoms with E-state index in [0.717, 1.165) is 10.8 Å². The summed E-state index contributed by atoms with van der Waals surface area (Å²) >= 11 is 11.3. The first-order chi connectivity index (χ1) is 8.61. The molecule has 4 heteroatoms. The third-order valence-electron chi connectivity index (χ3n) is 2.98. The summed E-state index contributed by atoms with van der Waals surface area (Å²) in [6.45, 7) is 2.11.